The highest BCUT2D eigenvalue weighted by molar-refractivity contribution is 8.00. The predicted octanol–water partition coefficient (Wildman–Crippen LogP) is 7.43. The number of thioether (sulfide) groups is 1. The molecule has 0 spiro atoms. The fourth-order valence-corrected chi connectivity index (χ4v) is 4.51. The molecule has 0 bridgehead atoms. The summed E-state index contributed by atoms with van der Waals surface area (Å²) in [6.07, 6.45) is 2.43. The first kappa shape index (κ1) is 24.5. The van der Waals surface area contributed by atoms with E-state index in [0.29, 0.717) is 18.8 Å². The van der Waals surface area contributed by atoms with Crippen LogP contribution in [-0.2, 0) is 13.0 Å². The van der Waals surface area contributed by atoms with Gasteiger partial charge in [-0.15, -0.1) is 0 Å². The molecule has 4 rings (SSSR count). The van der Waals surface area contributed by atoms with Gasteiger partial charge in [-0.05, 0) is 84.5 Å². The van der Waals surface area contributed by atoms with Crippen LogP contribution in [0, 0.1) is 5.92 Å². The van der Waals surface area contributed by atoms with Gasteiger partial charge in [0.2, 0.25) is 0 Å². The second-order valence-electron chi connectivity index (χ2n) is 8.58. The molecule has 1 atom stereocenters. The Balaban J connectivity index is 1.56. The van der Waals surface area contributed by atoms with Gasteiger partial charge in [0.15, 0.2) is 0 Å². The van der Waals surface area contributed by atoms with Crippen LogP contribution in [0.1, 0.15) is 30.9 Å². The molecule has 1 aliphatic carbocycles. The zero-order valence-corrected chi connectivity index (χ0v) is 19.8. The lowest BCUT2D eigenvalue weighted by molar-refractivity contribution is -0.0328. The van der Waals surface area contributed by atoms with Crippen molar-refractivity contribution < 1.29 is 23.0 Å². The fourth-order valence-electron chi connectivity index (χ4n) is 3.89. The van der Waals surface area contributed by atoms with Gasteiger partial charge >= 0.3 is 5.51 Å². The highest BCUT2D eigenvalue weighted by atomic mass is 32.2. The first-order valence-corrected chi connectivity index (χ1v) is 12.3. The molecule has 0 aromatic heterocycles. The van der Waals surface area contributed by atoms with E-state index in [2.05, 4.69) is 13.0 Å². The zero-order valence-electron chi connectivity index (χ0n) is 19.0. The van der Waals surface area contributed by atoms with E-state index in [4.69, 9.17) is 4.74 Å². The van der Waals surface area contributed by atoms with Crippen molar-refractivity contribution in [3.8, 4) is 11.5 Å². The van der Waals surface area contributed by atoms with Crippen LogP contribution >= 0.6 is 11.8 Å². The van der Waals surface area contributed by atoms with Crippen LogP contribution in [0.5, 0.6) is 11.5 Å². The van der Waals surface area contributed by atoms with Gasteiger partial charge in [0.05, 0.1) is 6.10 Å². The minimum Gasteiger partial charge on any atom is -0.457 e. The van der Waals surface area contributed by atoms with E-state index in [-0.39, 0.29) is 22.6 Å². The lowest BCUT2D eigenvalue weighted by Crippen LogP contribution is -2.33. The quantitative estimate of drug-likeness (QED) is 0.302. The van der Waals surface area contributed by atoms with Crippen LogP contribution in [0.2, 0.25) is 0 Å². The summed E-state index contributed by atoms with van der Waals surface area (Å²) in [6, 6.07) is 22.0. The SMILES string of the molecule is CCc1cccc(Oc2cccc(N(Cc3cccc(SC(F)(F)F)c3)CC(O)C3CC3)c2)c1. The van der Waals surface area contributed by atoms with Gasteiger partial charge in [-0.2, -0.15) is 13.2 Å². The highest BCUT2D eigenvalue weighted by Gasteiger charge is 2.31. The summed E-state index contributed by atoms with van der Waals surface area (Å²) in [5.74, 6) is 1.70. The summed E-state index contributed by atoms with van der Waals surface area (Å²) in [5.41, 5.74) is -1.56. The van der Waals surface area contributed by atoms with Crippen molar-refractivity contribution in [1.82, 2.24) is 0 Å². The van der Waals surface area contributed by atoms with Crippen molar-refractivity contribution in [2.75, 3.05) is 11.4 Å². The maximum atomic E-state index is 12.8. The molecule has 1 unspecified atom stereocenters. The minimum absolute atomic E-state index is 0.115. The Hall–Kier alpha value is -2.64. The summed E-state index contributed by atoms with van der Waals surface area (Å²) in [6.45, 7) is 2.87. The minimum atomic E-state index is -4.33. The molecule has 34 heavy (non-hydrogen) atoms. The number of halogens is 3. The Labute approximate surface area is 202 Å². The maximum absolute atomic E-state index is 12.8. The third-order valence-corrected chi connectivity index (χ3v) is 6.53. The van der Waals surface area contributed by atoms with Gasteiger partial charge in [0.1, 0.15) is 11.5 Å². The normalized spacial score (nSPS) is 14.6. The first-order valence-electron chi connectivity index (χ1n) is 11.4. The molecule has 180 valence electrons. The average Bonchev–Trinajstić information content (AvgIpc) is 3.64. The number of aryl methyl sites for hydroxylation is 1. The Morgan fingerprint density at radius 1 is 0.971 bits per heavy atom. The van der Waals surface area contributed by atoms with Crippen molar-refractivity contribution in [2.24, 2.45) is 5.92 Å². The number of hydrogen-bond donors (Lipinski definition) is 1. The molecule has 3 aromatic rings. The molecule has 3 aromatic carbocycles. The van der Waals surface area contributed by atoms with Gasteiger partial charge in [0, 0.05) is 29.7 Å². The number of rotatable bonds is 10. The fraction of sp³-hybridized carbons (Fsp3) is 0.333. The van der Waals surface area contributed by atoms with E-state index in [0.717, 1.165) is 36.3 Å². The summed E-state index contributed by atoms with van der Waals surface area (Å²) in [7, 11) is 0. The average molecular weight is 488 g/mol. The number of hydrogen-bond acceptors (Lipinski definition) is 4. The molecule has 1 aliphatic rings. The zero-order chi connectivity index (χ0) is 24.1. The van der Waals surface area contributed by atoms with Gasteiger partial charge in [0.25, 0.3) is 0 Å². The second-order valence-corrected chi connectivity index (χ2v) is 9.72. The van der Waals surface area contributed by atoms with Crippen LogP contribution in [0.15, 0.2) is 77.7 Å². The molecule has 3 nitrogen and oxygen atoms in total. The van der Waals surface area contributed by atoms with E-state index < -0.39 is 11.6 Å². The van der Waals surface area contributed by atoms with Crippen molar-refractivity contribution in [3.05, 3.63) is 83.9 Å². The van der Waals surface area contributed by atoms with E-state index in [1.165, 1.54) is 11.6 Å². The van der Waals surface area contributed by atoms with E-state index in [1.807, 2.05) is 53.4 Å². The smallest absolute Gasteiger partial charge is 0.446 e. The molecule has 0 saturated heterocycles. The molecule has 1 N–H and O–H groups in total. The van der Waals surface area contributed by atoms with Crippen LogP contribution in [0.25, 0.3) is 0 Å². The van der Waals surface area contributed by atoms with Crippen molar-refractivity contribution >= 4 is 17.4 Å². The van der Waals surface area contributed by atoms with E-state index in [9.17, 15) is 18.3 Å². The molecule has 1 fully saturated rings. The molecule has 7 heteroatoms. The number of aliphatic hydroxyl groups is 1. The number of benzene rings is 3. The van der Waals surface area contributed by atoms with Crippen LogP contribution in [0.3, 0.4) is 0 Å². The Morgan fingerprint density at radius 2 is 1.65 bits per heavy atom. The van der Waals surface area contributed by atoms with Crippen LogP contribution in [0.4, 0.5) is 18.9 Å². The lowest BCUT2D eigenvalue weighted by Gasteiger charge is -2.28. The number of ether oxygens (including phenoxy) is 1. The van der Waals surface area contributed by atoms with Crippen molar-refractivity contribution in [1.29, 1.82) is 0 Å². The summed E-state index contributed by atoms with van der Waals surface area (Å²) in [5, 5.41) is 10.6. The van der Waals surface area contributed by atoms with E-state index >= 15 is 0 Å². The Kier molecular flexibility index (Phi) is 7.73. The largest absolute Gasteiger partial charge is 0.457 e. The van der Waals surface area contributed by atoms with Crippen molar-refractivity contribution in [2.45, 2.75) is 49.2 Å². The third kappa shape index (κ3) is 7.18. The number of anilines is 1. The molecular weight excluding hydrogens is 459 g/mol. The predicted molar refractivity (Wildman–Crippen MR) is 130 cm³/mol. The molecular formula is C27H28F3NO2S. The Morgan fingerprint density at radius 3 is 2.35 bits per heavy atom. The molecule has 0 radical (unpaired) electrons. The van der Waals surface area contributed by atoms with Gasteiger partial charge < -0.3 is 14.7 Å². The van der Waals surface area contributed by atoms with Crippen LogP contribution < -0.4 is 9.64 Å². The third-order valence-electron chi connectivity index (χ3n) is 5.80. The van der Waals surface area contributed by atoms with E-state index in [1.54, 1.807) is 12.1 Å². The first-order chi connectivity index (χ1) is 16.3. The molecule has 0 amide bonds. The lowest BCUT2D eigenvalue weighted by atomic mass is 10.1. The highest BCUT2D eigenvalue weighted by Crippen LogP contribution is 2.38. The molecule has 1 saturated carbocycles. The topological polar surface area (TPSA) is 32.7 Å². The number of nitrogens with zero attached hydrogens (tertiary/aromatic N) is 1. The Bertz CT molecular complexity index is 1100. The molecule has 0 aliphatic heterocycles. The van der Waals surface area contributed by atoms with Gasteiger partial charge in [-0.25, -0.2) is 0 Å². The summed E-state index contributed by atoms with van der Waals surface area (Å²) >= 11 is -0.115. The number of alkyl halides is 3. The number of aliphatic hydroxyl groups excluding tert-OH is 1. The monoisotopic (exact) mass is 487 g/mol. The van der Waals surface area contributed by atoms with Crippen molar-refractivity contribution in [3.63, 3.8) is 0 Å². The summed E-state index contributed by atoms with van der Waals surface area (Å²) < 4.78 is 44.6. The van der Waals surface area contributed by atoms with Gasteiger partial charge in [-0.1, -0.05) is 37.3 Å². The molecule has 0 heterocycles. The maximum Gasteiger partial charge on any atom is 0.446 e. The van der Waals surface area contributed by atoms with Crippen LogP contribution in [-0.4, -0.2) is 23.3 Å². The van der Waals surface area contributed by atoms with Gasteiger partial charge in [-0.3, -0.25) is 0 Å². The second kappa shape index (κ2) is 10.7. The summed E-state index contributed by atoms with van der Waals surface area (Å²) in [4.78, 5) is 2.16. The standard InChI is InChI=1S/C27H28F3NO2S/c1-2-19-6-3-9-23(14-19)33-24-10-5-8-22(16-24)31(18-26(32)21-12-13-21)17-20-7-4-11-25(15-20)34-27(28,29)30/h3-11,14-16,21,26,32H,2,12-13,17-18H2,1H3.